The minimum atomic E-state index is -0.445. The molecule has 5 rings (SSSR count). The molecule has 0 saturated heterocycles. The molecule has 140 valence electrons. The summed E-state index contributed by atoms with van der Waals surface area (Å²) in [5.41, 5.74) is 2.88. The van der Waals surface area contributed by atoms with Crippen LogP contribution in [-0.4, -0.2) is 21.1 Å². The lowest BCUT2D eigenvalue weighted by molar-refractivity contribution is -0.385. The van der Waals surface area contributed by atoms with E-state index in [-0.39, 0.29) is 22.9 Å². The van der Waals surface area contributed by atoms with E-state index in [4.69, 9.17) is 0 Å². The number of hydrogen-bond acceptors (Lipinski definition) is 4. The van der Waals surface area contributed by atoms with Gasteiger partial charge in [0.05, 0.1) is 27.3 Å². The first-order chi connectivity index (χ1) is 14.0. The van der Waals surface area contributed by atoms with Gasteiger partial charge < -0.3 is 4.57 Å². The molecule has 6 heteroatoms. The van der Waals surface area contributed by atoms with E-state index in [1.54, 1.807) is 54.0 Å². The van der Waals surface area contributed by atoms with Crippen LogP contribution in [0.3, 0.4) is 0 Å². The largest absolute Gasteiger partial charge is 0.305 e. The van der Waals surface area contributed by atoms with Gasteiger partial charge in [0.2, 0.25) is 5.78 Å². The molecule has 0 unspecified atom stereocenters. The van der Waals surface area contributed by atoms with Gasteiger partial charge in [-0.05, 0) is 19.1 Å². The van der Waals surface area contributed by atoms with Gasteiger partial charge in [-0.25, -0.2) is 0 Å². The quantitative estimate of drug-likeness (QED) is 0.329. The van der Waals surface area contributed by atoms with E-state index < -0.39 is 4.92 Å². The van der Waals surface area contributed by atoms with Crippen molar-refractivity contribution in [3.63, 3.8) is 0 Å². The number of nitrogens with zero attached hydrogens (tertiary/aromatic N) is 2. The minimum absolute atomic E-state index is 0.0379. The fourth-order valence-corrected chi connectivity index (χ4v) is 4.13. The highest BCUT2D eigenvalue weighted by Crippen LogP contribution is 2.38. The van der Waals surface area contributed by atoms with Crippen LogP contribution in [0.1, 0.15) is 37.5 Å². The maximum atomic E-state index is 13.4. The van der Waals surface area contributed by atoms with Crippen molar-refractivity contribution in [2.24, 2.45) is 0 Å². The SMILES string of the molecule is Cc1c(-n2c3c(c4ccccc42)C(=O)c2ccccc2C3=O)cccc1[N+](=O)[O-]. The topological polar surface area (TPSA) is 82.2 Å². The molecule has 4 aromatic rings. The summed E-state index contributed by atoms with van der Waals surface area (Å²) in [4.78, 5) is 37.7. The standard InChI is InChI=1S/C23H14N2O4/c1-13-17(11-6-12-18(13)25(28)29)24-19-10-5-4-9-16(19)20-21(24)23(27)15-8-3-2-7-14(15)22(20)26/h2-12H,1H3. The van der Waals surface area contributed by atoms with Gasteiger partial charge in [0.25, 0.3) is 5.69 Å². The van der Waals surface area contributed by atoms with Gasteiger partial charge in [-0.3, -0.25) is 19.7 Å². The average Bonchev–Trinajstić information content (AvgIpc) is 3.07. The van der Waals surface area contributed by atoms with Gasteiger partial charge in [0, 0.05) is 22.6 Å². The van der Waals surface area contributed by atoms with Gasteiger partial charge in [-0.15, -0.1) is 0 Å². The van der Waals surface area contributed by atoms with Gasteiger partial charge in [-0.1, -0.05) is 48.5 Å². The summed E-state index contributed by atoms with van der Waals surface area (Å²) in [7, 11) is 0. The van der Waals surface area contributed by atoms with Crippen molar-refractivity contribution < 1.29 is 14.5 Å². The predicted molar refractivity (Wildman–Crippen MR) is 108 cm³/mol. The summed E-state index contributed by atoms with van der Waals surface area (Å²) in [6.45, 7) is 1.65. The average molecular weight is 382 g/mol. The first-order valence-corrected chi connectivity index (χ1v) is 9.07. The number of fused-ring (bicyclic) bond motifs is 4. The van der Waals surface area contributed by atoms with Crippen molar-refractivity contribution >= 4 is 28.2 Å². The first-order valence-electron chi connectivity index (χ1n) is 9.07. The van der Waals surface area contributed by atoms with Crippen molar-refractivity contribution in [3.8, 4) is 5.69 Å². The van der Waals surface area contributed by atoms with Crippen LogP contribution in [0, 0.1) is 17.0 Å². The highest BCUT2D eigenvalue weighted by atomic mass is 16.6. The van der Waals surface area contributed by atoms with Crippen LogP contribution in [0.5, 0.6) is 0 Å². The second-order valence-corrected chi connectivity index (χ2v) is 6.96. The Morgan fingerprint density at radius 1 is 0.828 bits per heavy atom. The Labute approximate surface area is 165 Å². The molecule has 6 nitrogen and oxygen atoms in total. The van der Waals surface area contributed by atoms with Crippen molar-refractivity contribution in [1.29, 1.82) is 0 Å². The van der Waals surface area contributed by atoms with E-state index in [0.29, 0.717) is 38.8 Å². The Morgan fingerprint density at radius 2 is 1.48 bits per heavy atom. The molecule has 0 atom stereocenters. The molecular formula is C23H14N2O4. The number of ketones is 2. The van der Waals surface area contributed by atoms with Crippen molar-refractivity contribution in [2.75, 3.05) is 0 Å². The fraction of sp³-hybridized carbons (Fsp3) is 0.0435. The molecule has 0 bridgehead atoms. The zero-order valence-electron chi connectivity index (χ0n) is 15.4. The molecule has 0 aliphatic heterocycles. The molecule has 3 aromatic carbocycles. The van der Waals surface area contributed by atoms with Crippen molar-refractivity contribution in [2.45, 2.75) is 6.92 Å². The van der Waals surface area contributed by atoms with E-state index in [1.165, 1.54) is 6.07 Å². The molecule has 0 spiro atoms. The molecule has 1 aliphatic carbocycles. The van der Waals surface area contributed by atoms with Gasteiger partial charge in [-0.2, -0.15) is 0 Å². The molecular weight excluding hydrogens is 368 g/mol. The van der Waals surface area contributed by atoms with E-state index in [1.807, 2.05) is 18.2 Å². The molecule has 0 N–H and O–H groups in total. The summed E-state index contributed by atoms with van der Waals surface area (Å²) in [6.07, 6.45) is 0. The summed E-state index contributed by atoms with van der Waals surface area (Å²) < 4.78 is 1.68. The van der Waals surface area contributed by atoms with Crippen LogP contribution in [0.4, 0.5) is 5.69 Å². The van der Waals surface area contributed by atoms with Crippen LogP contribution in [0.25, 0.3) is 16.6 Å². The summed E-state index contributed by atoms with van der Waals surface area (Å²) in [5, 5.41) is 12.1. The number of rotatable bonds is 2. The monoisotopic (exact) mass is 382 g/mol. The second-order valence-electron chi connectivity index (χ2n) is 6.96. The molecule has 1 aromatic heterocycles. The molecule has 0 radical (unpaired) electrons. The predicted octanol–water partition coefficient (Wildman–Crippen LogP) is 4.62. The molecule has 1 heterocycles. The van der Waals surface area contributed by atoms with Crippen molar-refractivity contribution in [1.82, 2.24) is 4.57 Å². The Morgan fingerprint density at radius 3 is 2.21 bits per heavy atom. The number of aromatic nitrogens is 1. The van der Waals surface area contributed by atoms with E-state index >= 15 is 0 Å². The molecule has 0 saturated carbocycles. The smallest absolute Gasteiger partial charge is 0.274 e. The molecule has 0 amide bonds. The van der Waals surface area contributed by atoms with Crippen LogP contribution < -0.4 is 0 Å². The lowest BCUT2D eigenvalue weighted by Crippen LogP contribution is -2.22. The Hall–Kier alpha value is -4.06. The zero-order valence-corrected chi connectivity index (χ0v) is 15.4. The van der Waals surface area contributed by atoms with Crippen LogP contribution in [-0.2, 0) is 0 Å². The maximum absolute atomic E-state index is 13.4. The van der Waals surface area contributed by atoms with Gasteiger partial charge >= 0.3 is 0 Å². The third kappa shape index (κ3) is 2.23. The van der Waals surface area contributed by atoms with Gasteiger partial charge in [0.1, 0.15) is 5.69 Å². The maximum Gasteiger partial charge on any atom is 0.274 e. The Kier molecular flexibility index (Phi) is 3.51. The summed E-state index contributed by atoms with van der Waals surface area (Å²) in [6, 6.07) is 18.7. The minimum Gasteiger partial charge on any atom is -0.305 e. The number of benzene rings is 3. The van der Waals surface area contributed by atoms with Crippen molar-refractivity contribution in [3.05, 3.63) is 105 Å². The van der Waals surface area contributed by atoms with E-state index in [0.717, 1.165) is 0 Å². The first kappa shape index (κ1) is 17.1. The van der Waals surface area contributed by atoms with Crippen LogP contribution >= 0.6 is 0 Å². The summed E-state index contributed by atoms with van der Waals surface area (Å²) >= 11 is 0. The van der Waals surface area contributed by atoms with E-state index in [2.05, 4.69) is 0 Å². The number of para-hydroxylation sites is 1. The summed E-state index contributed by atoms with van der Waals surface area (Å²) in [5.74, 6) is -0.481. The third-order valence-corrected chi connectivity index (χ3v) is 5.45. The lowest BCUT2D eigenvalue weighted by atomic mass is 9.87. The molecule has 29 heavy (non-hydrogen) atoms. The number of hydrogen-bond donors (Lipinski definition) is 0. The third-order valence-electron chi connectivity index (χ3n) is 5.45. The number of nitro groups is 1. The zero-order chi connectivity index (χ0) is 20.3. The van der Waals surface area contributed by atoms with E-state index in [9.17, 15) is 19.7 Å². The molecule has 0 fully saturated rings. The number of nitro benzene ring substituents is 1. The lowest BCUT2D eigenvalue weighted by Gasteiger charge is -2.18. The number of carbonyl (C=O) groups excluding carboxylic acids is 2. The number of carbonyl (C=O) groups is 2. The Bertz CT molecular complexity index is 1380. The Balaban J connectivity index is 1.94. The van der Waals surface area contributed by atoms with Crippen LogP contribution in [0.15, 0.2) is 66.7 Å². The molecule has 1 aliphatic rings. The fourth-order valence-electron chi connectivity index (χ4n) is 4.13. The second kappa shape index (κ2) is 5.97. The highest BCUT2D eigenvalue weighted by molar-refractivity contribution is 6.32. The highest BCUT2D eigenvalue weighted by Gasteiger charge is 2.36. The van der Waals surface area contributed by atoms with Crippen LogP contribution in [0.2, 0.25) is 0 Å². The van der Waals surface area contributed by atoms with Gasteiger partial charge in [0.15, 0.2) is 5.78 Å². The normalized spacial score (nSPS) is 12.7.